The van der Waals surface area contributed by atoms with Crippen molar-refractivity contribution in [3.8, 4) is 0 Å². The van der Waals surface area contributed by atoms with E-state index in [-0.39, 0.29) is 4.90 Å². The molecule has 0 atom stereocenters. The molecule has 0 aliphatic rings. The van der Waals surface area contributed by atoms with E-state index in [2.05, 4.69) is 11.6 Å². The Morgan fingerprint density at radius 3 is 2.16 bits per heavy atom. The molecule has 5 nitrogen and oxygen atoms in total. The molecule has 0 aliphatic carbocycles. The van der Waals surface area contributed by atoms with Crippen LogP contribution in [0.2, 0.25) is 0 Å². The molecule has 2 rings (SSSR count). The number of nitrogens with two attached hydrogens (primary N) is 1. The van der Waals surface area contributed by atoms with E-state index in [9.17, 15) is 13.2 Å². The van der Waals surface area contributed by atoms with Gasteiger partial charge in [-0.2, -0.15) is 0 Å². The number of carbonyl (C=O) groups is 1. The van der Waals surface area contributed by atoms with E-state index < -0.39 is 15.9 Å². The summed E-state index contributed by atoms with van der Waals surface area (Å²) in [6, 6.07) is 13.0. The number of carbonyl (C=O) groups excluding carboxylic acids is 1. The first-order valence-electron chi connectivity index (χ1n) is 8.44. The van der Waals surface area contributed by atoms with E-state index >= 15 is 0 Å². The van der Waals surface area contributed by atoms with Crippen molar-refractivity contribution in [2.24, 2.45) is 5.73 Å². The maximum absolute atomic E-state index is 12.4. The van der Waals surface area contributed by atoms with Gasteiger partial charge in [-0.25, -0.2) is 8.42 Å². The van der Waals surface area contributed by atoms with Crippen LogP contribution < -0.4 is 10.5 Å². The number of hydrogen-bond acceptors (Lipinski definition) is 3. The van der Waals surface area contributed by atoms with Gasteiger partial charge in [-0.1, -0.05) is 38.3 Å². The topological polar surface area (TPSA) is 89.3 Å². The van der Waals surface area contributed by atoms with E-state index in [0.29, 0.717) is 11.3 Å². The van der Waals surface area contributed by atoms with Crippen LogP contribution in [0.4, 0.5) is 5.69 Å². The molecular weight excluding hydrogens is 336 g/mol. The molecule has 3 N–H and O–H groups in total. The number of anilines is 1. The Labute approximate surface area is 149 Å². The van der Waals surface area contributed by atoms with Gasteiger partial charge in [0.1, 0.15) is 0 Å². The average molecular weight is 360 g/mol. The normalized spacial score (nSPS) is 11.2. The number of nitrogens with one attached hydrogen (secondary N) is 1. The number of aryl methyl sites for hydroxylation is 1. The van der Waals surface area contributed by atoms with Gasteiger partial charge in [0.15, 0.2) is 0 Å². The summed E-state index contributed by atoms with van der Waals surface area (Å²) in [6.45, 7) is 2.17. The lowest BCUT2D eigenvalue weighted by Crippen LogP contribution is -2.14. The third kappa shape index (κ3) is 5.60. The lowest BCUT2D eigenvalue weighted by molar-refractivity contribution is 0.100. The molecule has 0 saturated carbocycles. The first-order valence-corrected chi connectivity index (χ1v) is 9.92. The summed E-state index contributed by atoms with van der Waals surface area (Å²) in [4.78, 5) is 11.3. The van der Waals surface area contributed by atoms with Crippen LogP contribution in [0.5, 0.6) is 0 Å². The van der Waals surface area contributed by atoms with Crippen molar-refractivity contribution in [2.75, 3.05) is 4.72 Å². The van der Waals surface area contributed by atoms with Crippen LogP contribution in [0.1, 0.15) is 48.5 Å². The number of amides is 1. The van der Waals surface area contributed by atoms with E-state index in [4.69, 9.17) is 5.73 Å². The summed E-state index contributed by atoms with van der Waals surface area (Å²) in [6.07, 6.45) is 5.69. The van der Waals surface area contributed by atoms with Gasteiger partial charge in [0.2, 0.25) is 5.91 Å². The van der Waals surface area contributed by atoms with E-state index in [0.717, 1.165) is 18.4 Å². The molecule has 0 aromatic heterocycles. The zero-order chi connectivity index (χ0) is 18.3. The lowest BCUT2D eigenvalue weighted by atomic mass is 10.1. The van der Waals surface area contributed by atoms with E-state index in [1.165, 1.54) is 43.5 Å². The molecule has 25 heavy (non-hydrogen) atoms. The predicted octanol–water partition coefficient (Wildman–Crippen LogP) is 3.71. The number of benzene rings is 2. The monoisotopic (exact) mass is 360 g/mol. The first-order chi connectivity index (χ1) is 11.9. The summed E-state index contributed by atoms with van der Waals surface area (Å²) in [5.41, 5.74) is 7.02. The quantitative estimate of drug-likeness (QED) is 0.668. The van der Waals surface area contributed by atoms with Crippen LogP contribution in [0.25, 0.3) is 0 Å². The Hall–Kier alpha value is -2.34. The number of sulfonamides is 1. The smallest absolute Gasteiger partial charge is 0.261 e. The van der Waals surface area contributed by atoms with Crippen LogP contribution in [0, 0.1) is 0 Å². The zero-order valence-corrected chi connectivity index (χ0v) is 15.2. The van der Waals surface area contributed by atoms with Crippen molar-refractivity contribution < 1.29 is 13.2 Å². The Bertz CT molecular complexity index is 798. The number of primary amides is 1. The third-order valence-electron chi connectivity index (χ3n) is 3.97. The molecule has 0 heterocycles. The van der Waals surface area contributed by atoms with Gasteiger partial charge >= 0.3 is 0 Å². The standard InChI is InChI=1S/C19H24N2O3S/c1-2-3-4-5-6-15-7-13-18(14-8-15)25(23,24)21-17-11-9-16(10-12-17)19(20)22/h7-14,21H,2-6H2,1H3,(H2,20,22). The van der Waals surface area contributed by atoms with Crippen LogP contribution in [-0.2, 0) is 16.4 Å². The maximum Gasteiger partial charge on any atom is 0.261 e. The van der Waals surface area contributed by atoms with Crippen molar-refractivity contribution >= 4 is 21.6 Å². The zero-order valence-electron chi connectivity index (χ0n) is 14.4. The molecule has 6 heteroatoms. The van der Waals surface area contributed by atoms with Crippen LogP contribution >= 0.6 is 0 Å². The largest absolute Gasteiger partial charge is 0.366 e. The summed E-state index contributed by atoms with van der Waals surface area (Å²) < 4.78 is 27.4. The highest BCUT2D eigenvalue weighted by molar-refractivity contribution is 7.92. The van der Waals surface area contributed by atoms with Gasteiger partial charge in [-0.05, 0) is 54.8 Å². The van der Waals surface area contributed by atoms with Gasteiger partial charge in [0.25, 0.3) is 10.0 Å². The minimum atomic E-state index is -3.66. The van der Waals surface area contributed by atoms with Gasteiger partial charge < -0.3 is 5.73 Å². The molecule has 0 fully saturated rings. The summed E-state index contributed by atoms with van der Waals surface area (Å²) in [5.74, 6) is -0.552. The lowest BCUT2D eigenvalue weighted by Gasteiger charge is -2.09. The Morgan fingerprint density at radius 1 is 0.960 bits per heavy atom. The summed E-state index contributed by atoms with van der Waals surface area (Å²) >= 11 is 0. The molecule has 0 saturated heterocycles. The maximum atomic E-state index is 12.4. The minimum Gasteiger partial charge on any atom is -0.366 e. The molecule has 2 aromatic carbocycles. The second-order valence-electron chi connectivity index (χ2n) is 6.00. The second-order valence-corrected chi connectivity index (χ2v) is 7.68. The van der Waals surface area contributed by atoms with E-state index in [1.54, 1.807) is 12.1 Å². The molecule has 0 aliphatic heterocycles. The predicted molar refractivity (Wildman–Crippen MR) is 100 cm³/mol. The summed E-state index contributed by atoms with van der Waals surface area (Å²) in [5, 5.41) is 0. The Morgan fingerprint density at radius 2 is 1.60 bits per heavy atom. The van der Waals surface area contributed by atoms with Gasteiger partial charge in [0.05, 0.1) is 4.90 Å². The minimum absolute atomic E-state index is 0.212. The van der Waals surface area contributed by atoms with Crippen LogP contribution in [0.15, 0.2) is 53.4 Å². The van der Waals surface area contributed by atoms with Crippen LogP contribution in [0.3, 0.4) is 0 Å². The number of hydrogen-bond donors (Lipinski definition) is 2. The molecule has 134 valence electrons. The highest BCUT2D eigenvalue weighted by Crippen LogP contribution is 2.18. The first kappa shape index (κ1) is 19.0. The molecule has 1 amide bonds. The molecule has 0 bridgehead atoms. The van der Waals surface area contributed by atoms with Crippen molar-refractivity contribution in [3.05, 3.63) is 59.7 Å². The van der Waals surface area contributed by atoms with Crippen LogP contribution in [-0.4, -0.2) is 14.3 Å². The molecule has 0 radical (unpaired) electrons. The SMILES string of the molecule is CCCCCCc1ccc(S(=O)(=O)Nc2ccc(C(N)=O)cc2)cc1. The second kappa shape index (κ2) is 8.67. The third-order valence-corrected chi connectivity index (χ3v) is 5.37. The van der Waals surface area contributed by atoms with E-state index in [1.807, 2.05) is 12.1 Å². The van der Waals surface area contributed by atoms with Crippen molar-refractivity contribution in [3.63, 3.8) is 0 Å². The average Bonchev–Trinajstić information content (AvgIpc) is 2.59. The van der Waals surface area contributed by atoms with Crippen molar-refractivity contribution in [1.29, 1.82) is 0 Å². The Balaban J connectivity index is 2.02. The van der Waals surface area contributed by atoms with Gasteiger partial charge in [0, 0.05) is 11.3 Å². The fraction of sp³-hybridized carbons (Fsp3) is 0.316. The molecule has 0 unspecified atom stereocenters. The molecular formula is C19H24N2O3S. The van der Waals surface area contributed by atoms with Gasteiger partial charge in [-0.15, -0.1) is 0 Å². The fourth-order valence-corrected chi connectivity index (χ4v) is 3.57. The van der Waals surface area contributed by atoms with Gasteiger partial charge in [-0.3, -0.25) is 9.52 Å². The molecule has 0 spiro atoms. The Kier molecular flexibility index (Phi) is 6.58. The highest BCUT2D eigenvalue weighted by Gasteiger charge is 2.14. The fourth-order valence-electron chi connectivity index (χ4n) is 2.51. The highest BCUT2D eigenvalue weighted by atomic mass is 32.2. The van der Waals surface area contributed by atoms with Crippen molar-refractivity contribution in [1.82, 2.24) is 0 Å². The number of unbranched alkanes of at least 4 members (excludes halogenated alkanes) is 3. The van der Waals surface area contributed by atoms with Crippen molar-refractivity contribution in [2.45, 2.75) is 43.9 Å². The summed E-state index contributed by atoms with van der Waals surface area (Å²) in [7, 11) is -3.66. The number of rotatable bonds is 9. The molecule has 2 aromatic rings.